The Labute approximate surface area is 188 Å². The van der Waals surface area contributed by atoms with Gasteiger partial charge >= 0.3 is 5.97 Å². The second-order valence-electron chi connectivity index (χ2n) is 7.81. The number of hydrogen-bond donors (Lipinski definition) is 1. The van der Waals surface area contributed by atoms with Gasteiger partial charge in [0.1, 0.15) is 11.0 Å². The van der Waals surface area contributed by atoms with Crippen molar-refractivity contribution >= 4 is 51.5 Å². The van der Waals surface area contributed by atoms with Crippen molar-refractivity contribution in [3.8, 4) is 0 Å². The Morgan fingerprint density at radius 2 is 2.10 bits per heavy atom. The smallest absolute Gasteiger partial charge is 0.305 e. The van der Waals surface area contributed by atoms with E-state index in [2.05, 4.69) is 21.2 Å². The summed E-state index contributed by atoms with van der Waals surface area (Å²) in [7, 11) is 1.35. The summed E-state index contributed by atoms with van der Waals surface area (Å²) < 4.78 is 4.74. The van der Waals surface area contributed by atoms with E-state index in [0.717, 1.165) is 33.1 Å². The Bertz CT molecular complexity index is 1030. The molecule has 2 aromatic rings. The van der Waals surface area contributed by atoms with Gasteiger partial charge in [-0.1, -0.05) is 42.0 Å². The number of fused-ring (bicyclic) bond motifs is 2. The average Bonchev–Trinajstić information content (AvgIpc) is 3.02. The van der Waals surface area contributed by atoms with E-state index in [1.807, 2.05) is 49.4 Å². The minimum absolute atomic E-state index is 0.121. The maximum absolute atomic E-state index is 13.5. The number of para-hydroxylation sites is 1. The number of carbonyl (C=O) groups is 3. The number of aryl methyl sites for hydroxylation is 1. The lowest BCUT2D eigenvalue weighted by atomic mass is 9.68. The third-order valence-corrected chi connectivity index (χ3v) is 8.47. The maximum atomic E-state index is 13.5. The van der Waals surface area contributed by atoms with Crippen LogP contribution in [0.15, 0.2) is 46.9 Å². The highest BCUT2D eigenvalue weighted by molar-refractivity contribution is 9.10. The number of rotatable bonds is 4. The van der Waals surface area contributed by atoms with Crippen molar-refractivity contribution in [1.82, 2.24) is 0 Å². The first-order valence-corrected chi connectivity index (χ1v) is 11.5. The Morgan fingerprint density at radius 3 is 2.80 bits per heavy atom. The van der Waals surface area contributed by atoms with Gasteiger partial charge in [0, 0.05) is 28.3 Å². The van der Waals surface area contributed by atoms with E-state index in [0.29, 0.717) is 5.75 Å². The molecule has 4 unspecified atom stereocenters. The summed E-state index contributed by atoms with van der Waals surface area (Å²) >= 11 is 5.07. The van der Waals surface area contributed by atoms with E-state index in [1.54, 1.807) is 0 Å². The number of carbonyl (C=O) groups excluding carboxylic acids is 3. The standard InChI is InChI=1S/C23H22BrNO4S/c1-13-5-3-6-14(9-13)20-16(11-26)15(10-19(27)29-2)12-30-23(20)17-7-4-8-18(24)21(17)25-22(23)28/h3-9,11,15-16,20H,10,12H2,1-2H3,(H,25,28). The van der Waals surface area contributed by atoms with Crippen molar-refractivity contribution in [1.29, 1.82) is 0 Å². The lowest BCUT2D eigenvalue weighted by molar-refractivity contribution is -0.142. The summed E-state index contributed by atoms with van der Waals surface area (Å²) in [6, 6.07) is 13.7. The van der Waals surface area contributed by atoms with Crippen LogP contribution in [-0.2, 0) is 23.9 Å². The molecular weight excluding hydrogens is 466 g/mol. The molecule has 1 amide bonds. The lowest BCUT2D eigenvalue weighted by Gasteiger charge is -2.46. The molecule has 0 bridgehead atoms. The van der Waals surface area contributed by atoms with Crippen LogP contribution in [0.3, 0.4) is 0 Å². The number of esters is 1. The van der Waals surface area contributed by atoms with Gasteiger partial charge in [0.15, 0.2) is 0 Å². The number of methoxy groups -OCH3 is 1. The second kappa shape index (κ2) is 8.19. The molecular formula is C23H22BrNO4S. The Kier molecular flexibility index (Phi) is 5.77. The number of amides is 1. The molecule has 4 rings (SSSR count). The van der Waals surface area contributed by atoms with Gasteiger partial charge in [-0.05, 0) is 46.2 Å². The summed E-state index contributed by atoms with van der Waals surface area (Å²) in [5, 5.41) is 3.04. The Hall–Kier alpha value is -2.12. The predicted molar refractivity (Wildman–Crippen MR) is 121 cm³/mol. The van der Waals surface area contributed by atoms with E-state index in [-0.39, 0.29) is 24.2 Å². The van der Waals surface area contributed by atoms with Crippen LogP contribution in [0.4, 0.5) is 5.69 Å². The molecule has 1 fully saturated rings. The fourth-order valence-electron chi connectivity index (χ4n) is 4.73. The van der Waals surface area contributed by atoms with Gasteiger partial charge in [0.2, 0.25) is 5.91 Å². The van der Waals surface area contributed by atoms with Gasteiger partial charge in [0.05, 0.1) is 12.8 Å². The number of nitrogens with one attached hydrogen (secondary N) is 1. The van der Waals surface area contributed by atoms with Crippen LogP contribution in [0.5, 0.6) is 0 Å². The molecule has 7 heteroatoms. The molecule has 1 spiro atoms. The van der Waals surface area contributed by atoms with Gasteiger partial charge in [-0.25, -0.2) is 0 Å². The zero-order valence-corrected chi connectivity index (χ0v) is 19.1. The zero-order valence-electron chi connectivity index (χ0n) is 16.7. The van der Waals surface area contributed by atoms with Gasteiger partial charge < -0.3 is 14.8 Å². The zero-order chi connectivity index (χ0) is 21.5. The molecule has 2 aromatic carbocycles. The van der Waals surface area contributed by atoms with Crippen LogP contribution in [0.25, 0.3) is 0 Å². The third-order valence-electron chi connectivity index (χ3n) is 6.10. The Balaban J connectivity index is 1.91. The topological polar surface area (TPSA) is 72.5 Å². The molecule has 1 saturated heterocycles. The van der Waals surface area contributed by atoms with Gasteiger partial charge in [-0.2, -0.15) is 0 Å². The molecule has 2 aliphatic rings. The number of benzene rings is 2. The summed E-state index contributed by atoms with van der Waals surface area (Å²) in [6.07, 6.45) is 1.07. The van der Waals surface area contributed by atoms with Crippen molar-refractivity contribution < 1.29 is 19.1 Å². The number of thioether (sulfide) groups is 1. The SMILES string of the molecule is COC(=O)CC1CSC2(C(=O)Nc3c(Br)cccc32)C(c2cccc(C)c2)C1C=O. The number of aldehydes is 1. The molecule has 2 aliphatic heterocycles. The van der Waals surface area contributed by atoms with Crippen LogP contribution < -0.4 is 5.32 Å². The molecule has 30 heavy (non-hydrogen) atoms. The van der Waals surface area contributed by atoms with Crippen molar-refractivity contribution in [3.05, 3.63) is 63.6 Å². The minimum atomic E-state index is -0.939. The maximum Gasteiger partial charge on any atom is 0.305 e. The first-order valence-electron chi connectivity index (χ1n) is 9.75. The number of ether oxygens (including phenoxy) is 1. The fourth-order valence-corrected chi connectivity index (χ4v) is 6.99. The molecule has 0 aromatic heterocycles. The van der Waals surface area contributed by atoms with Crippen LogP contribution in [0.1, 0.15) is 29.0 Å². The van der Waals surface area contributed by atoms with E-state index in [4.69, 9.17) is 4.74 Å². The molecule has 1 N–H and O–H groups in total. The van der Waals surface area contributed by atoms with E-state index < -0.39 is 16.6 Å². The predicted octanol–water partition coefficient (Wildman–Crippen LogP) is 4.43. The molecule has 5 nitrogen and oxygen atoms in total. The number of hydrogen-bond acceptors (Lipinski definition) is 5. The van der Waals surface area contributed by atoms with E-state index >= 15 is 0 Å². The van der Waals surface area contributed by atoms with Gasteiger partial charge in [-0.3, -0.25) is 9.59 Å². The van der Waals surface area contributed by atoms with Crippen LogP contribution in [0.2, 0.25) is 0 Å². The normalized spacial score (nSPS) is 27.4. The first-order chi connectivity index (χ1) is 14.4. The molecule has 2 heterocycles. The summed E-state index contributed by atoms with van der Waals surface area (Å²) in [4.78, 5) is 38.0. The van der Waals surface area contributed by atoms with Crippen LogP contribution >= 0.6 is 27.7 Å². The van der Waals surface area contributed by atoms with Crippen molar-refractivity contribution in [2.75, 3.05) is 18.2 Å². The molecule has 0 aliphatic carbocycles. The highest BCUT2D eigenvalue weighted by Crippen LogP contribution is 2.62. The largest absolute Gasteiger partial charge is 0.469 e. The van der Waals surface area contributed by atoms with Crippen molar-refractivity contribution in [2.24, 2.45) is 11.8 Å². The first kappa shape index (κ1) is 21.1. The molecule has 0 saturated carbocycles. The second-order valence-corrected chi connectivity index (χ2v) is 9.93. The Morgan fingerprint density at radius 1 is 1.33 bits per heavy atom. The van der Waals surface area contributed by atoms with E-state index in [9.17, 15) is 14.4 Å². The third kappa shape index (κ3) is 3.28. The average molecular weight is 488 g/mol. The van der Waals surface area contributed by atoms with Crippen molar-refractivity contribution in [3.63, 3.8) is 0 Å². The summed E-state index contributed by atoms with van der Waals surface area (Å²) in [5.41, 5.74) is 3.61. The monoisotopic (exact) mass is 487 g/mol. The van der Waals surface area contributed by atoms with Gasteiger partial charge in [0.25, 0.3) is 0 Å². The minimum Gasteiger partial charge on any atom is -0.469 e. The van der Waals surface area contributed by atoms with Crippen LogP contribution in [0, 0.1) is 18.8 Å². The molecule has 4 atom stereocenters. The highest BCUT2D eigenvalue weighted by atomic mass is 79.9. The highest BCUT2D eigenvalue weighted by Gasteiger charge is 2.60. The number of halogens is 1. The summed E-state index contributed by atoms with van der Waals surface area (Å²) in [5.74, 6) is -1.06. The quantitative estimate of drug-likeness (QED) is 0.510. The molecule has 0 radical (unpaired) electrons. The lowest BCUT2D eigenvalue weighted by Crippen LogP contribution is -2.48. The van der Waals surface area contributed by atoms with Crippen molar-refractivity contribution in [2.45, 2.75) is 24.0 Å². The van der Waals surface area contributed by atoms with E-state index in [1.165, 1.54) is 18.9 Å². The summed E-state index contributed by atoms with van der Waals surface area (Å²) in [6.45, 7) is 1.99. The number of anilines is 1. The van der Waals surface area contributed by atoms with Gasteiger partial charge in [-0.15, -0.1) is 11.8 Å². The fraction of sp³-hybridized carbons (Fsp3) is 0.348. The molecule has 156 valence electrons. The van der Waals surface area contributed by atoms with Crippen LogP contribution in [-0.4, -0.2) is 31.0 Å².